The Balaban J connectivity index is 1.59. The molecule has 2 amide bonds. The molecule has 4 unspecified atom stereocenters. The fourth-order valence-corrected chi connectivity index (χ4v) is 4.05. The van der Waals surface area contributed by atoms with Crippen LogP contribution in [0.15, 0.2) is 24.3 Å². The molecule has 2 fully saturated rings. The summed E-state index contributed by atoms with van der Waals surface area (Å²) in [7, 11) is 0. The lowest BCUT2D eigenvalue weighted by atomic mass is 9.85. The van der Waals surface area contributed by atoms with Crippen LogP contribution in [0.4, 0.5) is 10.5 Å². The minimum atomic E-state index is -0.204. The van der Waals surface area contributed by atoms with Gasteiger partial charge in [-0.25, -0.2) is 4.79 Å². The maximum Gasteiger partial charge on any atom is 0.319 e. The molecular weight excluding hydrogens is 280 g/mol. The van der Waals surface area contributed by atoms with Gasteiger partial charge in [-0.3, -0.25) is 0 Å². The van der Waals surface area contributed by atoms with E-state index < -0.39 is 0 Å². The second-order valence-corrected chi connectivity index (χ2v) is 6.26. The Morgan fingerprint density at radius 3 is 2.95 bits per heavy atom. The van der Waals surface area contributed by atoms with Crippen molar-refractivity contribution in [3.05, 3.63) is 24.3 Å². The minimum absolute atomic E-state index is 0.0961. The van der Waals surface area contributed by atoms with E-state index in [1.54, 1.807) is 0 Å². The smallest absolute Gasteiger partial charge is 0.319 e. The van der Waals surface area contributed by atoms with E-state index >= 15 is 0 Å². The molecule has 0 radical (unpaired) electrons. The van der Waals surface area contributed by atoms with Crippen LogP contribution < -0.4 is 15.4 Å². The molecular formula is C17H24N2O3. The van der Waals surface area contributed by atoms with E-state index in [-0.39, 0.29) is 24.6 Å². The maximum absolute atomic E-state index is 12.2. The Bertz CT molecular complexity index is 534. The molecule has 5 nitrogen and oxygen atoms in total. The van der Waals surface area contributed by atoms with Crippen LogP contribution in [0.2, 0.25) is 0 Å². The maximum atomic E-state index is 12.2. The molecule has 3 N–H and O–H groups in total. The van der Waals surface area contributed by atoms with Gasteiger partial charge in [0.15, 0.2) is 0 Å². The van der Waals surface area contributed by atoms with E-state index in [9.17, 15) is 9.90 Å². The monoisotopic (exact) mass is 304 g/mol. The van der Waals surface area contributed by atoms with Gasteiger partial charge >= 0.3 is 6.03 Å². The second-order valence-electron chi connectivity index (χ2n) is 6.26. The van der Waals surface area contributed by atoms with Gasteiger partial charge in [-0.15, -0.1) is 0 Å². The number of fused-ring (bicyclic) bond motifs is 2. The fraction of sp³-hybridized carbons (Fsp3) is 0.588. The Morgan fingerprint density at radius 1 is 1.36 bits per heavy atom. The number of hydrogen-bond donors (Lipinski definition) is 3. The van der Waals surface area contributed by atoms with E-state index in [1.165, 1.54) is 6.42 Å². The third-order valence-electron chi connectivity index (χ3n) is 5.00. The van der Waals surface area contributed by atoms with Gasteiger partial charge in [0.2, 0.25) is 0 Å². The quantitative estimate of drug-likeness (QED) is 0.783. The first-order valence-electron chi connectivity index (χ1n) is 8.12. The second kappa shape index (κ2) is 6.57. The molecule has 1 aromatic rings. The summed E-state index contributed by atoms with van der Waals surface area (Å²) >= 11 is 0. The van der Waals surface area contributed by atoms with E-state index in [4.69, 9.17) is 4.74 Å². The largest absolute Gasteiger partial charge is 0.494 e. The van der Waals surface area contributed by atoms with Crippen molar-refractivity contribution in [2.24, 2.45) is 17.8 Å². The molecule has 2 bridgehead atoms. The lowest BCUT2D eigenvalue weighted by molar-refractivity contribution is 0.146. The Labute approximate surface area is 131 Å². The highest BCUT2D eigenvalue weighted by Gasteiger charge is 2.47. The van der Waals surface area contributed by atoms with Gasteiger partial charge in [-0.1, -0.05) is 6.07 Å². The van der Waals surface area contributed by atoms with Crippen LogP contribution >= 0.6 is 0 Å². The van der Waals surface area contributed by atoms with Gasteiger partial charge in [-0.2, -0.15) is 0 Å². The molecule has 3 rings (SSSR count). The van der Waals surface area contributed by atoms with Crippen LogP contribution in [0.1, 0.15) is 26.2 Å². The molecule has 4 atom stereocenters. The predicted molar refractivity (Wildman–Crippen MR) is 85.0 cm³/mol. The number of aliphatic hydroxyl groups is 1. The number of benzene rings is 1. The van der Waals surface area contributed by atoms with E-state index in [1.807, 2.05) is 31.2 Å². The minimum Gasteiger partial charge on any atom is -0.494 e. The summed E-state index contributed by atoms with van der Waals surface area (Å²) in [6.07, 6.45) is 3.48. The number of ether oxygens (including phenoxy) is 1. The summed E-state index contributed by atoms with van der Waals surface area (Å²) < 4.78 is 5.43. The van der Waals surface area contributed by atoms with Gasteiger partial charge in [0.05, 0.1) is 6.61 Å². The molecule has 0 aromatic heterocycles. The zero-order valence-corrected chi connectivity index (χ0v) is 12.9. The molecule has 5 heteroatoms. The summed E-state index contributed by atoms with van der Waals surface area (Å²) in [6, 6.07) is 7.27. The predicted octanol–water partition coefficient (Wildman–Crippen LogP) is 2.61. The summed E-state index contributed by atoms with van der Waals surface area (Å²) in [4.78, 5) is 12.2. The first kappa shape index (κ1) is 15.2. The lowest BCUT2D eigenvalue weighted by Gasteiger charge is -2.30. The van der Waals surface area contributed by atoms with Crippen molar-refractivity contribution < 1.29 is 14.6 Å². The van der Waals surface area contributed by atoms with Crippen molar-refractivity contribution in [3.63, 3.8) is 0 Å². The Kier molecular flexibility index (Phi) is 4.52. The first-order valence-corrected chi connectivity index (χ1v) is 8.12. The van der Waals surface area contributed by atoms with E-state index in [0.717, 1.165) is 18.6 Å². The molecule has 0 spiro atoms. The number of carbonyl (C=O) groups is 1. The van der Waals surface area contributed by atoms with Crippen molar-refractivity contribution in [3.8, 4) is 5.75 Å². The normalized spacial score (nSPS) is 29.4. The van der Waals surface area contributed by atoms with Crippen molar-refractivity contribution in [1.29, 1.82) is 0 Å². The fourth-order valence-electron chi connectivity index (χ4n) is 4.05. The van der Waals surface area contributed by atoms with Crippen LogP contribution in [0.5, 0.6) is 5.75 Å². The van der Waals surface area contributed by atoms with Gasteiger partial charge in [0.25, 0.3) is 0 Å². The third kappa shape index (κ3) is 3.04. The number of hydrogen-bond acceptors (Lipinski definition) is 3. The van der Waals surface area contributed by atoms with Crippen LogP contribution in [0.25, 0.3) is 0 Å². The summed E-state index contributed by atoms with van der Waals surface area (Å²) in [5.74, 6) is 2.04. The number of amides is 2. The molecule has 2 aliphatic rings. The molecule has 0 heterocycles. The van der Waals surface area contributed by atoms with Gasteiger partial charge in [0, 0.05) is 30.3 Å². The SMILES string of the molecule is CCOc1cccc(NC(=O)NC2C3CCC(C3)C2CO)c1. The zero-order chi connectivity index (χ0) is 15.5. The van der Waals surface area contributed by atoms with Gasteiger partial charge in [0.1, 0.15) is 5.75 Å². The van der Waals surface area contributed by atoms with Crippen LogP contribution in [-0.4, -0.2) is 30.4 Å². The highest BCUT2D eigenvalue weighted by molar-refractivity contribution is 5.89. The van der Waals surface area contributed by atoms with Crippen LogP contribution in [0, 0.1) is 17.8 Å². The number of aliphatic hydroxyl groups excluding tert-OH is 1. The zero-order valence-electron chi connectivity index (χ0n) is 12.9. The molecule has 2 saturated carbocycles. The number of urea groups is 1. The van der Waals surface area contributed by atoms with Crippen molar-refractivity contribution in [2.45, 2.75) is 32.2 Å². The topological polar surface area (TPSA) is 70.6 Å². The number of carbonyl (C=O) groups excluding carboxylic acids is 1. The molecule has 2 aliphatic carbocycles. The van der Waals surface area contributed by atoms with E-state index in [0.29, 0.717) is 24.1 Å². The molecule has 0 saturated heterocycles. The average molecular weight is 304 g/mol. The highest BCUT2D eigenvalue weighted by atomic mass is 16.5. The standard InChI is InChI=1S/C17H24N2O3/c1-2-22-14-5-3-4-13(9-14)18-17(21)19-16-12-7-6-11(8-12)15(16)10-20/h3-5,9,11-12,15-16,20H,2,6-8,10H2,1H3,(H2,18,19,21). The van der Waals surface area contributed by atoms with Gasteiger partial charge < -0.3 is 20.5 Å². The van der Waals surface area contributed by atoms with E-state index in [2.05, 4.69) is 10.6 Å². The number of rotatable bonds is 5. The average Bonchev–Trinajstić information content (AvgIpc) is 3.09. The highest BCUT2D eigenvalue weighted by Crippen LogP contribution is 2.48. The molecule has 0 aliphatic heterocycles. The number of nitrogens with one attached hydrogen (secondary N) is 2. The van der Waals surface area contributed by atoms with Crippen LogP contribution in [-0.2, 0) is 0 Å². The van der Waals surface area contributed by atoms with Crippen molar-refractivity contribution in [2.75, 3.05) is 18.5 Å². The Morgan fingerprint density at radius 2 is 2.18 bits per heavy atom. The molecule has 22 heavy (non-hydrogen) atoms. The summed E-state index contributed by atoms with van der Waals surface area (Å²) in [5.41, 5.74) is 0.715. The Hall–Kier alpha value is -1.75. The summed E-state index contributed by atoms with van der Waals surface area (Å²) in [5, 5.41) is 15.5. The number of anilines is 1. The first-order chi connectivity index (χ1) is 10.7. The van der Waals surface area contributed by atoms with Crippen LogP contribution in [0.3, 0.4) is 0 Å². The van der Waals surface area contributed by atoms with Crippen molar-refractivity contribution in [1.82, 2.24) is 5.32 Å². The van der Waals surface area contributed by atoms with Crippen molar-refractivity contribution >= 4 is 11.7 Å². The van der Waals surface area contributed by atoms with Gasteiger partial charge in [-0.05, 0) is 50.2 Å². The third-order valence-corrected chi connectivity index (χ3v) is 5.00. The molecule has 1 aromatic carbocycles. The lowest BCUT2D eigenvalue weighted by Crippen LogP contribution is -2.46. The summed E-state index contributed by atoms with van der Waals surface area (Å²) in [6.45, 7) is 2.68. The molecule has 120 valence electrons.